The van der Waals surface area contributed by atoms with Gasteiger partial charge in [0.2, 0.25) is 5.89 Å². The number of methoxy groups -OCH3 is 1. The van der Waals surface area contributed by atoms with Gasteiger partial charge in [-0.2, -0.15) is 0 Å². The Kier molecular flexibility index (Phi) is 5.41. The number of nitrogens with zero attached hydrogens (tertiary/aromatic N) is 3. The second kappa shape index (κ2) is 6.90. The van der Waals surface area contributed by atoms with Crippen molar-refractivity contribution in [3.63, 3.8) is 0 Å². The van der Waals surface area contributed by atoms with Crippen molar-refractivity contribution in [2.24, 2.45) is 0 Å². The minimum absolute atomic E-state index is 0.0252. The van der Waals surface area contributed by atoms with Gasteiger partial charge < -0.3 is 9.15 Å². The lowest BCUT2D eigenvalue weighted by Crippen LogP contribution is -2.52. The molecule has 1 aliphatic rings. The lowest BCUT2D eigenvalue weighted by atomic mass is 9.94. The van der Waals surface area contributed by atoms with Crippen molar-refractivity contribution in [2.75, 3.05) is 39.9 Å². The highest BCUT2D eigenvalue weighted by atomic mass is 16.5. The highest BCUT2D eigenvalue weighted by Gasteiger charge is 2.25. The molecule has 1 atom stereocenters. The van der Waals surface area contributed by atoms with Gasteiger partial charge in [0.1, 0.15) is 5.76 Å². The van der Waals surface area contributed by atoms with Crippen molar-refractivity contribution in [1.29, 1.82) is 0 Å². The standard InChI is InChI=1S/C16H29N3O2/c1-13-11-18(6-7-19(13)8-9-20-5)12-15-17-10-14(21-15)16(2,3)4/h10,13H,6-9,11-12H2,1-5H3/t13-/m0/s1. The van der Waals surface area contributed by atoms with E-state index in [2.05, 4.69) is 42.5 Å². The average molecular weight is 295 g/mol. The SMILES string of the molecule is COCCN1CCN(Cc2ncc(C(C)(C)C)o2)C[C@@H]1C. The quantitative estimate of drug-likeness (QED) is 0.832. The van der Waals surface area contributed by atoms with Gasteiger partial charge in [0.05, 0.1) is 19.3 Å². The summed E-state index contributed by atoms with van der Waals surface area (Å²) in [6, 6.07) is 0.547. The van der Waals surface area contributed by atoms with Crippen molar-refractivity contribution < 1.29 is 9.15 Å². The maximum absolute atomic E-state index is 5.89. The first-order valence-corrected chi connectivity index (χ1v) is 7.80. The van der Waals surface area contributed by atoms with Crippen molar-refractivity contribution in [3.8, 4) is 0 Å². The summed E-state index contributed by atoms with van der Waals surface area (Å²) in [6.07, 6.45) is 1.87. The smallest absolute Gasteiger partial charge is 0.208 e. The summed E-state index contributed by atoms with van der Waals surface area (Å²) in [5.74, 6) is 1.79. The third-order valence-electron chi connectivity index (χ3n) is 4.08. The molecule has 2 heterocycles. The van der Waals surface area contributed by atoms with Crippen LogP contribution in [0, 0.1) is 0 Å². The second-order valence-corrected chi connectivity index (χ2v) is 6.98. The molecule has 0 aliphatic carbocycles. The molecule has 0 radical (unpaired) electrons. The molecule has 120 valence electrons. The van der Waals surface area contributed by atoms with Crippen LogP contribution in [0.15, 0.2) is 10.6 Å². The molecule has 0 spiro atoms. The second-order valence-electron chi connectivity index (χ2n) is 6.98. The zero-order chi connectivity index (χ0) is 15.5. The molecule has 0 aromatic carbocycles. The van der Waals surface area contributed by atoms with E-state index in [1.807, 2.05) is 6.20 Å². The first-order valence-electron chi connectivity index (χ1n) is 7.80. The number of oxazole rings is 1. The maximum atomic E-state index is 5.89. The molecule has 0 bridgehead atoms. The maximum Gasteiger partial charge on any atom is 0.208 e. The van der Waals surface area contributed by atoms with E-state index in [-0.39, 0.29) is 5.41 Å². The predicted octanol–water partition coefficient (Wildman–Crippen LogP) is 2.12. The van der Waals surface area contributed by atoms with Crippen LogP contribution in [0.25, 0.3) is 0 Å². The van der Waals surface area contributed by atoms with Crippen molar-refractivity contribution >= 4 is 0 Å². The van der Waals surface area contributed by atoms with Crippen LogP contribution >= 0.6 is 0 Å². The fraction of sp³-hybridized carbons (Fsp3) is 0.812. The van der Waals surface area contributed by atoms with E-state index in [9.17, 15) is 0 Å². The molecule has 5 heteroatoms. The van der Waals surface area contributed by atoms with Gasteiger partial charge in [-0.25, -0.2) is 4.98 Å². The summed E-state index contributed by atoms with van der Waals surface area (Å²) in [5, 5.41) is 0. The van der Waals surface area contributed by atoms with Crippen LogP contribution in [0.3, 0.4) is 0 Å². The van der Waals surface area contributed by atoms with Crippen LogP contribution in [0.1, 0.15) is 39.3 Å². The van der Waals surface area contributed by atoms with Crippen LogP contribution in [0.2, 0.25) is 0 Å². The molecule has 1 fully saturated rings. The van der Waals surface area contributed by atoms with Crippen LogP contribution in [-0.2, 0) is 16.7 Å². The molecule has 0 saturated carbocycles. The van der Waals surface area contributed by atoms with E-state index in [0.29, 0.717) is 6.04 Å². The number of ether oxygens (including phenoxy) is 1. The summed E-state index contributed by atoms with van der Waals surface area (Å²) in [6.45, 7) is 14.5. The van der Waals surface area contributed by atoms with Crippen molar-refractivity contribution in [2.45, 2.75) is 45.7 Å². The predicted molar refractivity (Wildman–Crippen MR) is 83.4 cm³/mol. The molecule has 1 aromatic heterocycles. The first kappa shape index (κ1) is 16.5. The van der Waals surface area contributed by atoms with Gasteiger partial charge in [0.25, 0.3) is 0 Å². The Morgan fingerprint density at radius 1 is 1.38 bits per heavy atom. The van der Waals surface area contributed by atoms with Gasteiger partial charge >= 0.3 is 0 Å². The largest absolute Gasteiger partial charge is 0.444 e. The Balaban J connectivity index is 1.86. The van der Waals surface area contributed by atoms with E-state index < -0.39 is 0 Å². The Labute approximate surface area is 128 Å². The molecule has 2 rings (SSSR count). The lowest BCUT2D eigenvalue weighted by Gasteiger charge is -2.39. The highest BCUT2D eigenvalue weighted by Crippen LogP contribution is 2.23. The summed E-state index contributed by atoms with van der Waals surface area (Å²) in [5.41, 5.74) is 0.0252. The van der Waals surface area contributed by atoms with E-state index in [1.54, 1.807) is 7.11 Å². The molecule has 0 N–H and O–H groups in total. The fourth-order valence-electron chi connectivity index (χ4n) is 2.68. The summed E-state index contributed by atoms with van der Waals surface area (Å²) in [7, 11) is 1.76. The molecule has 0 unspecified atom stereocenters. The Morgan fingerprint density at radius 3 is 2.71 bits per heavy atom. The Morgan fingerprint density at radius 2 is 2.14 bits per heavy atom. The number of rotatable bonds is 5. The van der Waals surface area contributed by atoms with Crippen LogP contribution in [0.5, 0.6) is 0 Å². The van der Waals surface area contributed by atoms with Crippen LogP contribution in [-0.4, -0.2) is 60.7 Å². The lowest BCUT2D eigenvalue weighted by molar-refractivity contribution is 0.0518. The summed E-state index contributed by atoms with van der Waals surface area (Å²) in [4.78, 5) is 9.33. The summed E-state index contributed by atoms with van der Waals surface area (Å²) < 4.78 is 11.1. The first-order chi connectivity index (χ1) is 9.90. The molecule has 0 amide bonds. The molecular weight excluding hydrogens is 266 g/mol. The van der Waals surface area contributed by atoms with Gasteiger partial charge in [-0.15, -0.1) is 0 Å². The average Bonchev–Trinajstić information content (AvgIpc) is 2.86. The van der Waals surface area contributed by atoms with E-state index >= 15 is 0 Å². The zero-order valence-corrected chi connectivity index (χ0v) is 14.1. The van der Waals surface area contributed by atoms with Gasteiger partial charge in [0.15, 0.2) is 0 Å². The normalized spacial score (nSPS) is 21.9. The van der Waals surface area contributed by atoms with E-state index in [0.717, 1.165) is 51.0 Å². The van der Waals surface area contributed by atoms with Crippen LogP contribution < -0.4 is 0 Å². The highest BCUT2D eigenvalue weighted by molar-refractivity contribution is 5.06. The molecule has 1 saturated heterocycles. The minimum Gasteiger partial charge on any atom is -0.444 e. The van der Waals surface area contributed by atoms with Crippen LogP contribution in [0.4, 0.5) is 0 Å². The van der Waals surface area contributed by atoms with E-state index in [1.165, 1.54) is 0 Å². The fourth-order valence-corrected chi connectivity index (χ4v) is 2.68. The third-order valence-corrected chi connectivity index (χ3v) is 4.08. The topological polar surface area (TPSA) is 41.7 Å². The van der Waals surface area contributed by atoms with Crippen molar-refractivity contribution in [1.82, 2.24) is 14.8 Å². The number of hydrogen-bond donors (Lipinski definition) is 0. The van der Waals surface area contributed by atoms with Gasteiger partial charge in [-0.1, -0.05) is 20.8 Å². The molecule has 21 heavy (non-hydrogen) atoms. The van der Waals surface area contributed by atoms with Crippen molar-refractivity contribution in [3.05, 3.63) is 17.8 Å². The molecule has 5 nitrogen and oxygen atoms in total. The summed E-state index contributed by atoms with van der Waals surface area (Å²) >= 11 is 0. The number of hydrogen-bond acceptors (Lipinski definition) is 5. The van der Waals surface area contributed by atoms with E-state index in [4.69, 9.17) is 9.15 Å². The minimum atomic E-state index is 0.0252. The van der Waals surface area contributed by atoms with Gasteiger partial charge in [0, 0.05) is 44.7 Å². The Hall–Kier alpha value is -0.910. The Bertz CT molecular complexity index is 439. The van der Waals surface area contributed by atoms with Gasteiger partial charge in [-0.3, -0.25) is 9.80 Å². The zero-order valence-electron chi connectivity index (χ0n) is 14.1. The van der Waals surface area contributed by atoms with Gasteiger partial charge in [-0.05, 0) is 6.92 Å². The third kappa shape index (κ3) is 4.53. The molecule has 1 aromatic rings. The molecule has 1 aliphatic heterocycles. The number of piperazine rings is 1. The monoisotopic (exact) mass is 295 g/mol. The molecular formula is C16H29N3O2. The number of aromatic nitrogens is 1.